The van der Waals surface area contributed by atoms with Crippen LogP contribution in [0.5, 0.6) is 0 Å². The van der Waals surface area contributed by atoms with E-state index < -0.39 is 4.92 Å². The van der Waals surface area contributed by atoms with Gasteiger partial charge in [0.15, 0.2) is 5.78 Å². The molecule has 0 bridgehead atoms. The Morgan fingerprint density at radius 3 is 2.22 bits per heavy atom. The number of nitro benzene ring substituents is 1. The first kappa shape index (κ1) is 16.4. The monoisotopic (exact) mass is 312 g/mol. The van der Waals surface area contributed by atoms with Crippen LogP contribution in [0.15, 0.2) is 48.5 Å². The highest BCUT2D eigenvalue weighted by molar-refractivity contribution is 6.07. The van der Waals surface area contributed by atoms with E-state index in [1.54, 1.807) is 36.4 Å². The van der Waals surface area contributed by atoms with Gasteiger partial charge >= 0.3 is 0 Å². The van der Waals surface area contributed by atoms with Crippen molar-refractivity contribution in [3.63, 3.8) is 0 Å². The third kappa shape index (κ3) is 4.23. The molecule has 0 saturated heterocycles. The van der Waals surface area contributed by atoms with Gasteiger partial charge in [-0.2, -0.15) is 0 Å². The summed E-state index contributed by atoms with van der Waals surface area (Å²) in [7, 11) is 0. The van der Waals surface area contributed by atoms with E-state index in [0.29, 0.717) is 24.1 Å². The Balaban J connectivity index is 1.95. The van der Waals surface area contributed by atoms with Crippen LogP contribution in [0, 0.1) is 10.1 Å². The standard InChI is InChI=1S/C17H16N2O4/c1-12(20)15-4-2-3-5-16(15)17(21)18-11-10-13-6-8-14(9-7-13)19(22)23/h2-9H,10-11H2,1H3,(H,18,21). The number of Topliss-reactive ketones (excluding diaryl/α,β-unsaturated/α-hetero) is 1. The Kier molecular flexibility index (Phi) is 5.19. The second kappa shape index (κ2) is 7.31. The maximum atomic E-state index is 12.2. The summed E-state index contributed by atoms with van der Waals surface area (Å²) in [6.45, 7) is 1.80. The van der Waals surface area contributed by atoms with Gasteiger partial charge in [-0.15, -0.1) is 0 Å². The third-order valence-electron chi connectivity index (χ3n) is 3.40. The largest absolute Gasteiger partial charge is 0.352 e. The van der Waals surface area contributed by atoms with Crippen molar-refractivity contribution in [1.29, 1.82) is 0 Å². The summed E-state index contributed by atoms with van der Waals surface area (Å²) >= 11 is 0. The molecule has 0 aliphatic heterocycles. The van der Waals surface area contributed by atoms with Crippen LogP contribution in [-0.2, 0) is 6.42 Å². The minimum atomic E-state index is -0.454. The van der Waals surface area contributed by atoms with Crippen molar-refractivity contribution in [2.45, 2.75) is 13.3 Å². The van der Waals surface area contributed by atoms with Gasteiger partial charge in [-0.1, -0.05) is 30.3 Å². The van der Waals surface area contributed by atoms with Crippen molar-refractivity contribution in [3.8, 4) is 0 Å². The molecule has 0 aliphatic carbocycles. The van der Waals surface area contributed by atoms with Gasteiger partial charge in [0.25, 0.3) is 11.6 Å². The van der Waals surface area contributed by atoms with E-state index in [-0.39, 0.29) is 17.4 Å². The lowest BCUT2D eigenvalue weighted by Gasteiger charge is -2.08. The minimum absolute atomic E-state index is 0.0353. The van der Waals surface area contributed by atoms with Crippen molar-refractivity contribution in [2.24, 2.45) is 0 Å². The molecule has 0 heterocycles. The van der Waals surface area contributed by atoms with Gasteiger partial charge in [-0.3, -0.25) is 19.7 Å². The molecule has 0 unspecified atom stereocenters. The number of non-ortho nitro benzene ring substituents is 1. The van der Waals surface area contributed by atoms with E-state index in [9.17, 15) is 19.7 Å². The van der Waals surface area contributed by atoms with Crippen molar-refractivity contribution in [3.05, 3.63) is 75.3 Å². The fraction of sp³-hybridized carbons (Fsp3) is 0.176. The van der Waals surface area contributed by atoms with Gasteiger partial charge in [-0.05, 0) is 25.0 Å². The van der Waals surface area contributed by atoms with Crippen LogP contribution in [0.25, 0.3) is 0 Å². The molecule has 2 rings (SSSR count). The van der Waals surface area contributed by atoms with E-state index >= 15 is 0 Å². The van der Waals surface area contributed by atoms with Crippen LogP contribution in [0.2, 0.25) is 0 Å². The summed E-state index contributed by atoms with van der Waals surface area (Å²) in [4.78, 5) is 33.8. The highest BCUT2D eigenvalue weighted by atomic mass is 16.6. The first-order chi connectivity index (χ1) is 11.0. The van der Waals surface area contributed by atoms with E-state index in [1.807, 2.05) is 0 Å². The van der Waals surface area contributed by atoms with Crippen LogP contribution in [0.3, 0.4) is 0 Å². The zero-order valence-electron chi connectivity index (χ0n) is 12.6. The second-order valence-corrected chi connectivity index (χ2v) is 5.03. The molecule has 6 heteroatoms. The summed E-state index contributed by atoms with van der Waals surface area (Å²) in [6, 6.07) is 12.8. The van der Waals surface area contributed by atoms with Gasteiger partial charge in [0.2, 0.25) is 0 Å². The molecule has 23 heavy (non-hydrogen) atoms. The van der Waals surface area contributed by atoms with E-state index in [2.05, 4.69) is 5.32 Å². The number of hydrogen-bond donors (Lipinski definition) is 1. The Morgan fingerprint density at radius 2 is 1.65 bits per heavy atom. The molecule has 2 aromatic rings. The maximum absolute atomic E-state index is 12.2. The Bertz CT molecular complexity index is 739. The predicted molar refractivity (Wildman–Crippen MR) is 85.6 cm³/mol. The molecule has 0 spiro atoms. The lowest BCUT2D eigenvalue weighted by Crippen LogP contribution is -2.27. The van der Waals surface area contributed by atoms with Crippen LogP contribution < -0.4 is 5.32 Å². The molecule has 0 aromatic heterocycles. The predicted octanol–water partition coefficient (Wildman–Crippen LogP) is 2.77. The lowest BCUT2D eigenvalue weighted by atomic mass is 10.0. The first-order valence-electron chi connectivity index (χ1n) is 7.10. The Hall–Kier alpha value is -3.02. The van der Waals surface area contributed by atoms with Gasteiger partial charge in [0, 0.05) is 24.2 Å². The molecule has 0 radical (unpaired) electrons. The van der Waals surface area contributed by atoms with E-state index in [4.69, 9.17) is 0 Å². The SMILES string of the molecule is CC(=O)c1ccccc1C(=O)NCCc1ccc([N+](=O)[O-])cc1. The number of carbonyl (C=O) groups is 2. The average molecular weight is 312 g/mol. The Morgan fingerprint density at radius 1 is 1.04 bits per heavy atom. The second-order valence-electron chi connectivity index (χ2n) is 5.03. The van der Waals surface area contributed by atoms with Gasteiger partial charge in [0.05, 0.1) is 10.5 Å². The van der Waals surface area contributed by atoms with Gasteiger partial charge in [0.1, 0.15) is 0 Å². The number of ketones is 1. The molecule has 1 N–H and O–H groups in total. The molecule has 2 aromatic carbocycles. The number of rotatable bonds is 6. The Labute approximate surface area is 133 Å². The first-order valence-corrected chi connectivity index (χ1v) is 7.10. The fourth-order valence-electron chi connectivity index (χ4n) is 2.19. The smallest absolute Gasteiger partial charge is 0.269 e. The van der Waals surface area contributed by atoms with Gasteiger partial charge in [-0.25, -0.2) is 0 Å². The molecule has 0 atom stereocenters. The van der Waals surface area contributed by atoms with E-state index in [0.717, 1.165) is 5.56 Å². The zero-order valence-corrected chi connectivity index (χ0v) is 12.6. The summed E-state index contributed by atoms with van der Waals surface area (Å²) in [5.74, 6) is -0.469. The number of hydrogen-bond acceptors (Lipinski definition) is 4. The molecule has 0 saturated carbocycles. The third-order valence-corrected chi connectivity index (χ3v) is 3.40. The van der Waals surface area contributed by atoms with Crippen LogP contribution in [0.4, 0.5) is 5.69 Å². The molecule has 0 aliphatic rings. The number of nitro groups is 1. The number of amides is 1. The van der Waals surface area contributed by atoms with Crippen molar-refractivity contribution in [1.82, 2.24) is 5.32 Å². The topological polar surface area (TPSA) is 89.3 Å². The molecule has 118 valence electrons. The summed E-state index contributed by atoms with van der Waals surface area (Å²) in [6.07, 6.45) is 0.548. The molecular formula is C17H16N2O4. The van der Waals surface area contributed by atoms with Gasteiger partial charge < -0.3 is 5.32 Å². The van der Waals surface area contributed by atoms with Crippen LogP contribution in [-0.4, -0.2) is 23.2 Å². The highest BCUT2D eigenvalue weighted by Gasteiger charge is 2.13. The fourth-order valence-corrected chi connectivity index (χ4v) is 2.19. The molecule has 1 amide bonds. The number of carbonyl (C=O) groups excluding carboxylic acids is 2. The van der Waals surface area contributed by atoms with E-state index in [1.165, 1.54) is 19.1 Å². The summed E-state index contributed by atoms with van der Waals surface area (Å²) < 4.78 is 0. The molecule has 6 nitrogen and oxygen atoms in total. The average Bonchev–Trinajstić information content (AvgIpc) is 2.55. The van der Waals surface area contributed by atoms with Crippen LogP contribution in [0.1, 0.15) is 33.2 Å². The lowest BCUT2D eigenvalue weighted by molar-refractivity contribution is -0.384. The summed E-state index contributed by atoms with van der Waals surface area (Å²) in [5.41, 5.74) is 1.66. The van der Waals surface area contributed by atoms with Crippen molar-refractivity contribution >= 4 is 17.4 Å². The minimum Gasteiger partial charge on any atom is -0.352 e. The quantitative estimate of drug-likeness (QED) is 0.504. The number of nitrogens with one attached hydrogen (secondary N) is 1. The number of nitrogens with zero attached hydrogens (tertiary/aromatic N) is 1. The van der Waals surface area contributed by atoms with Crippen molar-refractivity contribution in [2.75, 3.05) is 6.54 Å². The normalized spacial score (nSPS) is 10.1. The number of benzene rings is 2. The zero-order chi connectivity index (χ0) is 16.8. The highest BCUT2D eigenvalue weighted by Crippen LogP contribution is 2.12. The summed E-state index contributed by atoms with van der Waals surface area (Å²) in [5, 5.41) is 13.3. The van der Waals surface area contributed by atoms with Crippen LogP contribution >= 0.6 is 0 Å². The maximum Gasteiger partial charge on any atom is 0.269 e. The molecular weight excluding hydrogens is 296 g/mol. The molecule has 0 fully saturated rings. The van der Waals surface area contributed by atoms with Crippen molar-refractivity contribution < 1.29 is 14.5 Å².